The molecule has 0 radical (unpaired) electrons. The van der Waals surface area contributed by atoms with E-state index in [0.717, 1.165) is 24.0 Å². The second-order valence-electron chi connectivity index (χ2n) is 6.30. The van der Waals surface area contributed by atoms with Crippen LogP contribution in [0.5, 0.6) is 0 Å². The molecule has 0 bridgehead atoms. The van der Waals surface area contributed by atoms with Crippen LogP contribution in [-0.2, 0) is 13.5 Å². The Morgan fingerprint density at radius 1 is 1.36 bits per heavy atom. The van der Waals surface area contributed by atoms with Crippen molar-refractivity contribution in [2.45, 2.75) is 18.9 Å². The van der Waals surface area contributed by atoms with E-state index in [-0.39, 0.29) is 17.9 Å². The first-order chi connectivity index (χ1) is 12.0. The molecule has 0 aliphatic heterocycles. The van der Waals surface area contributed by atoms with Crippen LogP contribution < -0.4 is 10.6 Å². The van der Waals surface area contributed by atoms with Gasteiger partial charge in [0.15, 0.2) is 0 Å². The highest BCUT2D eigenvalue weighted by molar-refractivity contribution is 5.73. The number of rotatable bonds is 8. The molecule has 2 rings (SSSR count). The number of likely N-dealkylation sites (N-methyl/N-ethyl adjacent to an activating group) is 1. The van der Waals surface area contributed by atoms with E-state index in [4.69, 9.17) is 0 Å². The largest absolute Gasteiger partial charge is 0.338 e. The number of hydrogen-bond acceptors (Lipinski definition) is 3. The summed E-state index contributed by atoms with van der Waals surface area (Å²) >= 11 is 0. The molecule has 0 aliphatic carbocycles. The first-order valence-electron chi connectivity index (χ1n) is 8.37. The maximum absolute atomic E-state index is 13.1. The molecule has 0 saturated heterocycles. The van der Waals surface area contributed by atoms with Crippen LogP contribution in [0.25, 0.3) is 0 Å². The van der Waals surface area contributed by atoms with Crippen LogP contribution in [0.2, 0.25) is 0 Å². The van der Waals surface area contributed by atoms with Crippen molar-refractivity contribution in [1.29, 1.82) is 0 Å². The lowest BCUT2D eigenvalue weighted by Gasteiger charge is -2.23. The van der Waals surface area contributed by atoms with E-state index in [1.54, 1.807) is 10.7 Å². The topological polar surface area (TPSA) is 62.2 Å². The lowest BCUT2D eigenvalue weighted by Crippen LogP contribution is -2.40. The van der Waals surface area contributed by atoms with Crippen LogP contribution in [0.1, 0.15) is 23.6 Å². The van der Waals surface area contributed by atoms with Crippen molar-refractivity contribution in [3.05, 3.63) is 53.6 Å². The Labute approximate surface area is 148 Å². The van der Waals surface area contributed by atoms with Gasteiger partial charge in [0.05, 0.1) is 12.2 Å². The molecule has 0 aliphatic rings. The van der Waals surface area contributed by atoms with Crippen molar-refractivity contribution in [1.82, 2.24) is 25.3 Å². The van der Waals surface area contributed by atoms with Crippen LogP contribution in [-0.4, -0.2) is 47.9 Å². The molecule has 0 saturated carbocycles. The number of aryl methyl sites for hydroxylation is 2. The summed E-state index contributed by atoms with van der Waals surface area (Å²) in [5.74, 6) is -0.228. The molecule has 0 unspecified atom stereocenters. The smallest absolute Gasteiger partial charge is 0.314 e. The monoisotopic (exact) mass is 347 g/mol. The predicted molar refractivity (Wildman–Crippen MR) is 95.8 cm³/mol. The van der Waals surface area contributed by atoms with Crippen molar-refractivity contribution in [3.63, 3.8) is 0 Å². The van der Waals surface area contributed by atoms with Gasteiger partial charge in [-0.05, 0) is 44.6 Å². The highest BCUT2D eigenvalue weighted by atomic mass is 19.1. The third-order valence-corrected chi connectivity index (χ3v) is 4.01. The Kier molecular flexibility index (Phi) is 6.94. The van der Waals surface area contributed by atoms with Crippen LogP contribution in [0, 0.1) is 5.82 Å². The summed E-state index contributed by atoms with van der Waals surface area (Å²) in [4.78, 5) is 14.0. The number of halogens is 1. The van der Waals surface area contributed by atoms with Gasteiger partial charge in [-0.25, -0.2) is 9.18 Å². The normalized spacial score (nSPS) is 12.2. The van der Waals surface area contributed by atoms with Crippen molar-refractivity contribution < 1.29 is 9.18 Å². The zero-order valence-corrected chi connectivity index (χ0v) is 15.0. The summed E-state index contributed by atoms with van der Waals surface area (Å²) in [5, 5.41) is 9.90. The number of nitrogens with one attached hydrogen (secondary N) is 2. The maximum Gasteiger partial charge on any atom is 0.314 e. The fraction of sp³-hybridized carbons (Fsp3) is 0.444. The molecule has 1 aromatic heterocycles. The Morgan fingerprint density at radius 2 is 2.16 bits per heavy atom. The summed E-state index contributed by atoms with van der Waals surface area (Å²) in [6.45, 7) is 1.04. The minimum absolute atomic E-state index is 0.0618. The van der Waals surface area contributed by atoms with Crippen LogP contribution >= 0.6 is 0 Å². The molecule has 25 heavy (non-hydrogen) atoms. The molecule has 6 nitrogen and oxygen atoms in total. The third-order valence-electron chi connectivity index (χ3n) is 4.01. The van der Waals surface area contributed by atoms with Crippen LogP contribution in [0.15, 0.2) is 36.7 Å². The summed E-state index contributed by atoms with van der Waals surface area (Å²) < 4.78 is 14.8. The van der Waals surface area contributed by atoms with Crippen LogP contribution in [0.3, 0.4) is 0 Å². The molecular formula is C18H26FN5O. The fourth-order valence-corrected chi connectivity index (χ4v) is 2.65. The van der Waals surface area contributed by atoms with E-state index in [0.29, 0.717) is 13.1 Å². The Balaban J connectivity index is 1.70. The molecular weight excluding hydrogens is 321 g/mol. The zero-order chi connectivity index (χ0) is 18.2. The predicted octanol–water partition coefficient (Wildman–Crippen LogP) is 2.09. The van der Waals surface area contributed by atoms with Gasteiger partial charge in [-0.2, -0.15) is 5.10 Å². The average Bonchev–Trinajstić information content (AvgIpc) is 2.98. The maximum atomic E-state index is 13.1. The lowest BCUT2D eigenvalue weighted by atomic mass is 10.1. The van der Waals surface area contributed by atoms with Gasteiger partial charge in [0.2, 0.25) is 0 Å². The van der Waals surface area contributed by atoms with Gasteiger partial charge in [0, 0.05) is 31.9 Å². The summed E-state index contributed by atoms with van der Waals surface area (Å²) in [6, 6.07) is 6.40. The molecule has 2 N–H and O–H groups in total. The Hall–Kier alpha value is -2.41. The number of nitrogens with zero attached hydrogens (tertiary/aromatic N) is 3. The summed E-state index contributed by atoms with van der Waals surface area (Å²) in [7, 11) is 5.81. The van der Waals surface area contributed by atoms with E-state index in [2.05, 4.69) is 15.7 Å². The summed E-state index contributed by atoms with van der Waals surface area (Å²) in [5.41, 5.74) is 1.99. The van der Waals surface area contributed by atoms with Crippen molar-refractivity contribution in [2.24, 2.45) is 7.05 Å². The van der Waals surface area contributed by atoms with Gasteiger partial charge < -0.3 is 15.5 Å². The average molecular weight is 347 g/mol. The quantitative estimate of drug-likeness (QED) is 0.719. The first-order valence-corrected chi connectivity index (χ1v) is 8.37. The minimum atomic E-state index is -0.228. The fourth-order valence-electron chi connectivity index (χ4n) is 2.65. The SMILES string of the molecule is CN(C)[C@H](CNC(=O)NCCCc1cccc(F)c1)c1cnn(C)c1. The van der Waals surface area contributed by atoms with Gasteiger partial charge in [0.1, 0.15) is 5.82 Å². The molecule has 0 spiro atoms. The number of hydrogen-bond donors (Lipinski definition) is 2. The number of benzene rings is 1. The molecule has 7 heteroatoms. The number of urea groups is 1. The molecule has 1 heterocycles. The Morgan fingerprint density at radius 3 is 2.80 bits per heavy atom. The molecule has 1 aromatic carbocycles. The van der Waals surface area contributed by atoms with E-state index >= 15 is 0 Å². The molecule has 1 atom stereocenters. The van der Waals surface area contributed by atoms with E-state index < -0.39 is 0 Å². The number of aromatic nitrogens is 2. The van der Waals surface area contributed by atoms with Gasteiger partial charge in [-0.1, -0.05) is 12.1 Å². The van der Waals surface area contributed by atoms with E-state index in [9.17, 15) is 9.18 Å². The Bertz CT molecular complexity index is 686. The summed E-state index contributed by atoms with van der Waals surface area (Å²) in [6.07, 6.45) is 5.25. The highest BCUT2D eigenvalue weighted by Gasteiger charge is 2.16. The number of carbonyl (C=O) groups excluding carboxylic acids is 1. The zero-order valence-electron chi connectivity index (χ0n) is 15.0. The minimum Gasteiger partial charge on any atom is -0.338 e. The number of amides is 2. The van der Waals surface area contributed by atoms with Gasteiger partial charge in [-0.3, -0.25) is 4.68 Å². The highest BCUT2D eigenvalue weighted by Crippen LogP contribution is 2.15. The molecule has 0 fully saturated rings. The van der Waals surface area contributed by atoms with Crippen LogP contribution in [0.4, 0.5) is 9.18 Å². The second-order valence-corrected chi connectivity index (χ2v) is 6.30. The second kappa shape index (κ2) is 9.17. The molecule has 2 amide bonds. The van der Waals surface area contributed by atoms with Crippen molar-refractivity contribution >= 4 is 6.03 Å². The number of carbonyl (C=O) groups is 1. The lowest BCUT2D eigenvalue weighted by molar-refractivity contribution is 0.232. The van der Waals surface area contributed by atoms with Gasteiger partial charge >= 0.3 is 6.03 Å². The van der Waals surface area contributed by atoms with Gasteiger partial charge in [0.25, 0.3) is 0 Å². The first kappa shape index (κ1) is 18.9. The van der Waals surface area contributed by atoms with Gasteiger partial charge in [-0.15, -0.1) is 0 Å². The van der Waals surface area contributed by atoms with E-state index in [1.165, 1.54) is 12.1 Å². The molecule has 136 valence electrons. The molecule has 2 aromatic rings. The van der Waals surface area contributed by atoms with Crippen molar-refractivity contribution in [2.75, 3.05) is 27.2 Å². The third kappa shape index (κ3) is 6.19. The van der Waals surface area contributed by atoms with Crippen molar-refractivity contribution in [3.8, 4) is 0 Å². The van der Waals surface area contributed by atoms with E-state index in [1.807, 2.05) is 44.5 Å². The standard InChI is InChI=1S/C18H26FN5O/c1-23(2)17(15-11-22-24(3)13-15)12-21-18(25)20-9-5-7-14-6-4-8-16(19)10-14/h4,6,8,10-11,13,17H,5,7,9,12H2,1-3H3,(H2,20,21,25)/t17-/m1/s1.